The van der Waals surface area contributed by atoms with E-state index in [0.717, 1.165) is 5.56 Å². The zero-order valence-corrected chi connectivity index (χ0v) is 11.4. The van der Waals surface area contributed by atoms with Gasteiger partial charge in [0.2, 0.25) is 0 Å². The van der Waals surface area contributed by atoms with Crippen molar-refractivity contribution in [2.75, 3.05) is 13.7 Å². The molecule has 0 unspecified atom stereocenters. The van der Waals surface area contributed by atoms with Crippen LogP contribution in [0.1, 0.15) is 11.1 Å². The smallest absolute Gasteiger partial charge is 0.328 e. The van der Waals surface area contributed by atoms with Crippen LogP contribution in [-0.2, 0) is 6.54 Å². The SMILES string of the molecule is COc1ccc(Cn2ccc(=O)[nH]c2=O)cc1C#CCO. The van der Waals surface area contributed by atoms with E-state index < -0.39 is 11.2 Å². The van der Waals surface area contributed by atoms with Gasteiger partial charge in [0.1, 0.15) is 12.4 Å². The van der Waals surface area contributed by atoms with Gasteiger partial charge in [-0.1, -0.05) is 17.9 Å². The van der Waals surface area contributed by atoms with Crippen molar-refractivity contribution in [3.8, 4) is 17.6 Å². The molecule has 0 bridgehead atoms. The third-order valence-electron chi connectivity index (χ3n) is 2.82. The summed E-state index contributed by atoms with van der Waals surface area (Å²) >= 11 is 0. The van der Waals surface area contributed by atoms with E-state index in [9.17, 15) is 9.59 Å². The van der Waals surface area contributed by atoms with Crippen molar-refractivity contribution in [3.05, 3.63) is 62.4 Å². The summed E-state index contributed by atoms with van der Waals surface area (Å²) in [6, 6.07) is 6.62. The number of hydrogen-bond donors (Lipinski definition) is 2. The highest BCUT2D eigenvalue weighted by molar-refractivity contribution is 5.48. The number of aliphatic hydroxyl groups is 1. The first-order valence-corrected chi connectivity index (χ1v) is 6.20. The van der Waals surface area contributed by atoms with Crippen molar-refractivity contribution < 1.29 is 9.84 Å². The second kappa shape index (κ2) is 6.59. The van der Waals surface area contributed by atoms with Gasteiger partial charge in [-0.05, 0) is 17.7 Å². The number of benzene rings is 1. The molecule has 2 aromatic rings. The zero-order chi connectivity index (χ0) is 15.2. The quantitative estimate of drug-likeness (QED) is 0.774. The molecule has 0 aliphatic rings. The normalized spacial score (nSPS) is 9.81. The van der Waals surface area contributed by atoms with Crippen molar-refractivity contribution in [1.82, 2.24) is 9.55 Å². The molecule has 0 aliphatic carbocycles. The number of aromatic amines is 1. The van der Waals surface area contributed by atoms with Crippen LogP contribution < -0.4 is 16.0 Å². The Hall–Kier alpha value is -2.78. The number of nitrogens with one attached hydrogen (secondary N) is 1. The number of aromatic nitrogens is 2. The highest BCUT2D eigenvalue weighted by Crippen LogP contribution is 2.19. The Morgan fingerprint density at radius 1 is 1.33 bits per heavy atom. The maximum absolute atomic E-state index is 11.6. The van der Waals surface area contributed by atoms with E-state index in [0.29, 0.717) is 17.9 Å². The topological polar surface area (TPSA) is 84.3 Å². The molecule has 0 saturated carbocycles. The van der Waals surface area contributed by atoms with Crippen LogP contribution in [0, 0.1) is 11.8 Å². The molecule has 1 aromatic heterocycles. The number of nitrogens with zero attached hydrogens (tertiary/aromatic N) is 1. The molecule has 2 rings (SSSR count). The number of hydrogen-bond acceptors (Lipinski definition) is 4. The van der Waals surface area contributed by atoms with Crippen LogP contribution in [0.2, 0.25) is 0 Å². The summed E-state index contributed by atoms with van der Waals surface area (Å²) in [5.41, 5.74) is 0.551. The van der Waals surface area contributed by atoms with Gasteiger partial charge in [-0.15, -0.1) is 0 Å². The van der Waals surface area contributed by atoms with Gasteiger partial charge in [0, 0.05) is 12.3 Å². The fourth-order valence-electron chi connectivity index (χ4n) is 1.85. The van der Waals surface area contributed by atoms with Crippen LogP contribution in [0.5, 0.6) is 5.75 Å². The lowest BCUT2D eigenvalue weighted by molar-refractivity contribution is 0.350. The molecule has 0 radical (unpaired) electrons. The lowest BCUT2D eigenvalue weighted by Gasteiger charge is -2.08. The van der Waals surface area contributed by atoms with E-state index in [1.54, 1.807) is 18.2 Å². The minimum atomic E-state index is -0.471. The number of ether oxygens (including phenoxy) is 1. The first-order valence-electron chi connectivity index (χ1n) is 6.20. The van der Waals surface area contributed by atoms with Crippen LogP contribution in [0.15, 0.2) is 40.1 Å². The predicted molar refractivity (Wildman–Crippen MR) is 77.4 cm³/mol. The summed E-state index contributed by atoms with van der Waals surface area (Å²) in [5, 5.41) is 8.76. The number of H-pyrrole nitrogens is 1. The van der Waals surface area contributed by atoms with E-state index >= 15 is 0 Å². The Bertz CT molecular complexity index is 809. The molecular weight excluding hydrogens is 272 g/mol. The molecule has 6 nitrogen and oxygen atoms in total. The Labute approximate surface area is 120 Å². The van der Waals surface area contributed by atoms with Gasteiger partial charge in [-0.3, -0.25) is 14.3 Å². The van der Waals surface area contributed by atoms with Gasteiger partial charge in [0.05, 0.1) is 19.2 Å². The lowest BCUT2D eigenvalue weighted by Crippen LogP contribution is -2.28. The Morgan fingerprint density at radius 3 is 2.81 bits per heavy atom. The average Bonchev–Trinajstić information content (AvgIpc) is 2.48. The van der Waals surface area contributed by atoms with Crippen LogP contribution in [0.25, 0.3) is 0 Å². The monoisotopic (exact) mass is 286 g/mol. The number of rotatable bonds is 3. The van der Waals surface area contributed by atoms with Gasteiger partial charge in [-0.2, -0.15) is 0 Å². The van der Waals surface area contributed by atoms with E-state index in [1.807, 2.05) is 0 Å². The lowest BCUT2D eigenvalue weighted by atomic mass is 10.1. The van der Waals surface area contributed by atoms with E-state index in [1.165, 1.54) is 23.9 Å². The molecule has 0 atom stereocenters. The van der Waals surface area contributed by atoms with E-state index in [2.05, 4.69) is 16.8 Å². The second-order valence-corrected chi connectivity index (χ2v) is 4.23. The van der Waals surface area contributed by atoms with E-state index in [4.69, 9.17) is 9.84 Å². The first-order chi connectivity index (χ1) is 10.1. The molecular formula is C15H14N2O4. The fourth-order valence-corrected chi connectivity index (χ4v) is 1.85. The minimum Gasteiger partial charge on any atom is -0.495 e. The van der Waals surface area contributed by atoms with Crippen molar-refractivity contribution in [1.29, 1.82) is 0 Å². The first kappa shape index (κ1) is 14.6. The third kappa shape index (κ3) is 3.61. The second-order valence-electron chi connectivity index (χ2n) is 4.23. The summed E-state index contributed by atoms with van der Waals surface area (Å²) in [5.74, 6) is 5.94. The Kier molecular flexibility index (Phi) is 4.59. The molecule has 0 aliphatic heterocycles. The van der Waals surface area contributed by atoms with Gasteiger partial charge < -0.3 is 9.84 Å². The van der Waals surface area contributed by atoms with Crippen molar-refractivity contribution >= 4 is 0 Å². The van der Waals surface area contributed by atoms with Gasteiger partial charge in [0.25, 0.3) is 5.56 Å². The van der Waals surface area contributed by atoms with Gasteiger partial charge in [-0.25, -0.2) is 4.79 Å². The van der Waals surface area contributed by atoms with Crippen LogP contribution >= 0.6 is 0 Å². The average molecular weight is 286 g/mol. The van der Waals surface area contributed by atoms with Crippen molar-refractivity contribution in [2.45, 2.75) is 6.54 Å². The van der Waals surface area contributed by atoms with Crippen molar-refractivity contribution in [2.24, 2.45) is 0 Å². The minimum absolute atomic E-state index is 0.243. The summed E-state index contributed by atoms with van der Waals surface area (Å²) < 4.78 is 6.57. The highest BCUT2D eigenvalue weighted by Gasteiger charge is 2.04. The predicted octanol–water partition coefficient (Wildman–Crippen LogP) is -0.0627. The van der Waals surface area contributed by atoms with Crippen LogP contribution in [0.4, 0.5) is 0 Å². The van der Waals surface area contributed by atoms with E-state index in [-0.39, 0.29) is 6.61 Å². The Balaban J connectivity index is 2.36. The number of methoxy groups -OCH3 is 1. The zero-order valence-electron chi connectivity index (χ0n) is 11.4. The van der Waals surface area contributed by atoms with Crippen LogP contribution in [0.3, 0.4) is 0 Å². The molecule has 0 saturated heterocycles. The molecule has 1 heterocycles. The van der Waals surface area contributed by atoms with Crippen molar-refractivity contribution in [3.63, 3.8) is 0 Å². The molecule has 0 amide bonds. The standard InChI is InChI=1S/C15H14N2O4/c1-21-13-5-4-11(9-12(13)3-2-8-18)10-17-7-6-14(19)16-15(17)20/h4-7,9,18H,8,10H2,1H3,(H,16,19,20). The van der Waals surface area contributed by atoms with Gasteiger partial charge >= 0.3 is 5.69 Å². The molecule has 108 valence electrons. The summed E-state index contributed by atoms with van der Waals surface area (Å²) in [4.78, 5) is 24.9. The Morgan fingerprint density at radius 2 is 2.14 bits per heavy atom. The third-order valence-corrected chi connectivity index (χ3v) is 2.82. The molecule has 1 aromatic carbocycles. The van der Waals surface area contributed by atoms with Crippen LogP contribution in [-0.4, -0.2) is 28.4 Å². The molecule has 6 heteroatoms. The summed E-state index contributed by atoms with van der Waals surface area (Å²) in [6.07, 6.45) is 1.43. The number of aliphatic hydroxyl groups excluding tert-OH is 1. The molecule has 21 heavy (non-hydrogen) atoms. The summed E-state index contributed by atoms with van der Waals surface area (Å²) in [6.45, 7) is 0.0557. The molecule has 2 N–H and O–H groups in total. The summed E-state index contributed by atoms with van der Waals surface area (Å²) in [7, 11) is 1.53. The molecule has 0 fully saturated rings. The highest BCUT2D eigenvalue weighted by atomic mass is 16.5. The maximum Gasteiger partial charge on any atom is 0.328 e. The van der Waals surface area contributed by atoms with Gasteiger partial charge in [0.15, 0.2) is 0 Å². The fraction of sp³-hybridized carbons (Fsp3) is 0.200. The maximum atomic E-state index is 11.6. The molecule has 0 spiro atoms. The largest absolute Gasteiger partial charge is 0.495 e.